The van der Waals surface area contributed by atoms with Gasteiger partial charge in [-0.25, -0.2) is 0 Å². The number of hydrogen-bond donors (Lipinski definition) is 1. The normalized spacial score (nSPS) is 53.6. The molecule has 1 heterocycles. The maximum atomic E-state index is 12.6. The van der Waals surface area contributed by atoms with Gasteiger partial charge in [0.05, 0.1) is 23.2 Å². The summed E-state index contributed by atoms with van der Waals surface area (Å²) in [5, 5.41) is 10.3. The van der Waals surface area contributed by atoms with E-state index in [1.807, 2.05) is 13.8 Å². The summed E-state index contributed by atoms with van der Waals surface area (Å²) in [4.78, 5) is 12.6. The molecule has 0 aromatic heterocycles. The van der Waals surface area contributed by atoms with Crippen LogP contribution in [0.25, 0.3) is 0 Å². The predicted octanol–water partition coefficient (Wildman–Crippen LogP) is 2.48. The van der Waals surface area contributed by atoms with Gasteiger partial charge in [0.15, 0.2) is 0 Å². The number of rotatable bonds is 0. The summed E-state index contributed by atoms with van der Waals surface area (Å²) >= 11 is 0. The largest absolute Gasteiger partial charge is 0.390 e. The van der Waals surface area contributed by atoms with Crippen molar-refractivity contribution in [3.63, 3.8) is 0 Å². The summed E-state index contributed by atoms with van der Waals surface area (Å²) in [6.45, 7) is 6.57. The molecule has 1 saturated heterocycles. The summed E-state index contributed by atoms with van der Waals surface area (Å²) < 4.78 is 5.97. The minimum atomic E-state index is -0.589. The zero-order valence-corrected chi connectivity index (χ0v) is 12.1. The third kappa shape index (κ3) is 1.74. The van der Waals surface area contributed by atoms with Crippen LogP contribution in [-0.4, -0.2) is 28.7 Å². The van der Waals surface area contributed by atoms with E-state index in [2.05, 4.69) is 19.1 Å². The quantitative estimate of drug-likeness (QED) is 0.684. The molecule has 19 heavy (non-hydrogen) atoms. The van der Waals surface area contributed by atoms with E-state index in [4.69, 9.17) is 4.74 Å². The Balaban J connectivity index is 2.02. The Kier molecular flexibility index (Phi) is 2.75. The number of ketones is 1. The second-order valence-corrected chi connectivity index (χ2v) is 7.20. The van der Waals surface area contributed by atoms with Gasteiger partial charge in [0.2, 0.25) is 0 Å². The van der Waals surface area contributed by atoms with Gasteiger partial charge in [-0.15, -0.1) is 0 Å². The molecule has 0 bridgehead atoms. The van der Waals surface area contributed by atoms with Crippen molar-refractivity contribution in [2.75, 3.05) is 6.61 Å². The van der Waals surface area contributed by atoms with Crippen molar-refractivity contribution in [1.29, 1.82) is 0 Å². The smallest absolute Gasteiger partial charge is 0.144 e. The standard InChI is InChI=1S/C16H24O3/c1-14(18)7-5-12-11(10-14)4-8-15(2)16(12,3)13(17)6-9-19-15/h4,8,11-12,18H,5-7,9-10H2,1-3H3/t11-,12-,14+,15+,16-/m0/s1. The fraction of sp³-hybridized carbons (Fsp3) is 0.812. The van der Waals surface area contributed by atoms with Crippen LogP contribution in [0.5, 0.6) is 0 Å². The number of carbonyl (C=O) groups excluding carboxylic acids is 1. The van der Waals surface area contributed by atoms with Gasteiger partial charge in [-0.2, -0.15) is 0 Å². The average Bonchev–Trinajstić information content (AvgIpc) is 2.32. The van der Waals surface area contributed by atoms with E-state index >= 15 is 0 Å². The van der Waals surface area contributed by atoms with Crippen molar-refractivity contribution in [3.8, 4) is 0 Å². The highest BCUT2D eigenvalue weighted by Gasteiger charge is 2.60. The molecule has 3 heteroatoms. The van der Waals surface area contributed by atoms with E-state index < -0.39 is 16.6 Å². The number of carbonyl (C=O) groups is 1. The van der Waals surface area contributed by atoms with E-state index in [1.54, 1.807) is 0 Å². The predicted molar refractivity (Wildman–Crippen MR) is 72.7 cm³/mol. The van der Waals surface area contributed by atoms with Crippen LogP contribution in [0.3, 0.4) is 0 Å². The van der Waals surface area contributed by atoms with Gasteiger partial charge in [-0.1, -0.05) is 12.2 Å². The van der Waals surface area contributed by atoms with Crippen molar-refractivity contribution in [3.05, 3.63) is 12.2 Å². The molecule has 1 N–H and O–H groups in total. The highest BCUT2D eigenvalue weighted by atomic mass is 16.5. The number of allylic oxidation sites excluding steroid dienone is 1. The van der Waals surface area contributed by atoms with Crippen molar-refractivity contribution < 1.29 is 14.6 Å². The molecule has 2 aliphatic carbocycles. The molecule has 3 aliphatic rings. The summed E-state index contributed by atoms with van der Waals surface area (Å²) in [6, 6.07) is 0. The number of ether oxygens (including phenoxy) is 1. The zero-order chi connectivity index (χ0) is 13.9. The van der Waals surface area contributed by atoms with Crippen molar-refractivity contribution in [2.45, 2.75) is 57.7 Å². The molecule has 0 spiro atoms. The minimum Gasteiger partial charge on any atom is -0.390 e. The SMILES string of the molecule is C[C@@]1(O)CC[C@H]2[C@@H](C=C[C@@]3(C)OCCC(=O)[C@]23C)C1. The first-order valence-corrected chi connectivity index (χ1v) is 7.38. The van der Waals surface area contributed by atoms with E-state index in [1.165, 1.54) is 0 Å². The Bertz CT molecular complexity index is 439. The molecule has 0 aromatic carbocycles. The van der Waals surface area contributed by atoms with Gasteiger partial charge in [-0.3, -0.25) is 4.79 Å². The lowest BCUT2D eigenvalue weighted by Gasteiger charge is -2.57. The Hall–Kier alpha value is -0.670. The Morgan fingerprint density at radius 1 is 1.37 bits per heavy atom. The fourth-order valence-corrected chi connectivity index (χ4v) is 4.50. The Labute approximate surface area is 115 Å². The molecule has 2 fully saturated rings. The summed E-state index contributed by atoms with van der Waals surface area (Å²) in [5.41, 5.74) is -1.48. The molecule has 3 rings (SSSR count). The van der Waals surface area contributed by atoms with Gasteiger partial charge in [0.25, 0.3) is 0 Å². The van der Waals surface area contributed by atoms with E-state index in [-0.39, 0.29) is 0 Å². The van der Waals surface area contributed by atoms with E-state index in [9.17, 15) is 9.90 Å². The van der Waals surface area contributed by atoms with Crippen molar-refractivity contribution in [2.24, 2.45) is 17.3 Å². The third-order valence-corrected chi connectivity index (χ3v) is 5.93. The van der Waals surface area contributed by atoms with Crippen molar-refractivity contribution in [1.82, 2.24) is 0 Å². The first-order chi connectivity index (χ1) is 8.79. The molecule has 1 aliphatic heterocycles. The lowest BCUT2D eigenvalue weighted by Crippen LogP contribution is -2.62. The second-order valence-electron chi connectivity index (χ2n) is 7.20. The summed E-state index contributed by atoms with van der Waals surface area (Å²) in [5.74, 6) is 0.935. The van der Waals surface area contributed by atoms with E-state index in [0.717, 1.165) is 19.3 Å². The molecule has 0 aromatic rings. The number of aliphatic hydroxyl groups is 1. The number of Topliss-reactive ketones (excluding diaryl/α,β-unsaturated/α-hetero) is 1. The minimum absolute atomic E-state index is 0.299. The fourth-order valence-electron chi connectivity index (χ4n) is 4.50. The van der Waals surface area contributed by atoms with Gasteiger partial charge in [0, 0.05) is 6.42 Å². The molecular formula is C16H24O3. The van der Waals surface area contributed by atoms with Crippen LogP contribution in [0.2, 0.25) is 0 Å². The molecule has 0 amide bonds. The Morgan fingerprint density at radius 2 is 2.11 bits per heavy atom. The summed E-state index contributed by atoms with van der Waals surface area (Å²) in [7, 11) is 0. The second kappa shape index (κ2) is 3.92. The van der Waals surface area contributed by atoms with Crippen LogP contribution in [0.4, 0.5) is 0 Å². The highest BCUT2D eigenvalue weighted by Crippen LogP contribution is 2.57. The van der Waals surface area contributed by atoms with Crippen LogP contribution in [-0.2, 0) is 9.53 Å². The molecule has 0 radical (unpaired) electrons. The maximum Gasteiger partial charge on any atom is 0.144 e. The molecule has 3 nitrogen and oxygen atoms in total. The topological polar surface area (TPSA) is 46.5 Å². The number of fused-ring (bicyclic) bond motifs is 3. The van der Waals surface area contributed by atoms with Crippen LogP contribution >= 0.6 is 0 Å². The lowest BCUT2D eigenvalue weighted by molar-refractivity contribution is -0.185. The monoisotopic (exact) mass is 264 g/mol. The van der Waals surface area contributed by atoms with Gasteiger partial charge < -0.3 is 9.84 Å². The van der Waals surface area contributed by atoms with Gasteiger partial charge in [-0.05, 0) is 51.9 Å². The van der Waals surface area contributed by atoms with Gasteiger partial charge in [0.1, 0.15) is 5.78 Å². The van der Waals surface area contributed by atoms with Gasteiger partial charge >= 0.3 is 0 Å². The lowest BCUT2D eigenvalue weighted by atomic mass is 9.51. The van der Waals surface area contributed by atoms with Crippen LogP contribution in [0, 0.1) is 17.3 Å². The first-order valence-electron chi connectivity index (χ1n) is 7.38. The molecule has 0 unspecified atom stereocenters. The van der Waals surface area contributed by atoms with Crippen LogP contribution in [0.15, 0.2) is 12.2 Å². The Morgan fingerprint density at radius 3 is 2.84 bits per heavy atom. The maximum absolute atomic E-state index is 12.6. The molecule has 106 valence electrons. The van der Waals surface area contributed by atoms with Crippen molar-refractivity contribution >= 4 is 5.78 Å². The third-order valence-electron chi connectivity index (χ3n) is 5.93. The zero-order valence-electron chi connectivity index (χ0n) is 12.1. The van der Waals surface area contributed by atoms with Crippen LogP contribution in [0.1, 0.15) is 46.5 Å². The molecule has 1 saturated carbocycles. The summed E-state index contributed by atoms with van der Waals surface area (Å²) in [6.07, 6.45) is 7.22. The van der Waals surface area contributed by atoms with E-state index in [0.29, 0.717) is 30.6 Å². The number of hydrogen-bond acceptors (Lipinski definition) is 3. The first kappa shape index (κ1) is 13.3. The average molecular weight is 264 g/mol. The molecular weight excluding hydrogens is 240 g/mol. The molecule has 5 atom stereocenters. The highest BCUT2D eigenvalue weighted by molar-refractivity contribution is 5.87. The van der Waals surface area contributed by atoms with Crippen LogP contribution < -0.4 is 0 Å².